The van der Waals surface area contributed by atoms with Gasteiger partial charge in [0.25, 0.3) is 11.8 Å². The summed E-state index contributed by atoms with van der Waals surface area (Å²) in [7, 11) is 4.65. The molecule has 2 aromatic rings. The Balaban J connectivity index is 2.06. The molecule has 0 spiro atoms. The number of esters is 1. The molecule has 0 saturated carbocycles. The normalized spacial score (nSPS) is 9.96. The fourth-order valence-corrected chi connectivity index (χ4v) is 2.03. The third-order valence-electron chi connectivity index (χ3n) is 3.36. The van der Waals surface area contributed by atoms with Crippen molar-refractivity contribution in [1.82, 2.24) is 4.90 Å². The van der Waals surface area contributed by atoms with Crippen LogP contribution < -0.4 is 5.32 Å². The fourth-order valence-electron chi connectivity index (χ4n) is 2.03. The summed E-state index contributed by atoms with van der Waals surface area (Å²) in [5, 5.41) is 2.74. The molecule has 0 unspecified atom stereocenters. The predicted octanol–water partition coefficient (Wildman–Crippen LogP) is 2.43. The Bertz CT molecular complexity index is 750. The number of carbonyl (C=O) groups is 3. The molecule has 2 aromatic carbocycles. The lowest BCUT2D eigenvalue weighted by Gasteiger charge is -2.11. The van der Waals surface area contributed by atoms with Crippen molar-refractivity contribution < 1.29 is 19.1 Å². The van der Waals surface area contributed by atoms with Crippen LogP contribution in [-0.4, -0.2) is 43.9 Å². The number of ether oxygens (including phenoxy) is 1. The lowest BCUT2D eigenvalue weighted by Crippen LogP contribution is -2.21. The van der Waals surface area contributed by atoms with Gasteiger partial charge < -0.3 is 15.0 Å². The van der Waals surface area contributed by atoms with Gasteiger partial charge in [0.15, 0.2) is 0 Å². The summed E-state index contributed by atoms with van der Waals surface area (Å²) < 4.78 is 4.61. The third-order valence-corrected chi connectivity index (χ3v) is 3.36. The number of rotatable bonds is 4. The van der Waals surface area contributed by atoms with Crippen LogP contribution in [0.25, 0.3) is 0 Å². The first-order valence-corrected chi connectivity index (χ1v) is 7.24. The van der Waals surface area contributed by atoms with E-state index >= 15 is 0 Å². The number of benzene rings is 2. The molecule has 0 aliphatic carbocycles. The van der Waals surface area contributed by atoms with E-state index in [0.29, 0.717) is 22.4 Å². The zero-order valence-electron chi connectivity index (χ0n) is 13.7. The van der Waals surface area contributed by atoms with Crippen LogP contribution in [0.1, 0.15) is 31.1 Å². The van der Waals surface area contributed by atoms with E-state index in [2.05, 4.69) is 10.1 Å². The lowest BCUT2D eigenvalue weighted by molar-refractivity contribution is 0.0600. The zero-order chi connectivity index (χ0) is 17.7. The quantitative estimate of drug-likeness (QED) is 0.876. The Morgan fingerprint density at radius 1 is 0.833 bits per heavy atom. The van der Waals surface area contributed by atoms with Crippen LogP contribution in [0.3, 0.4) is 0 Å². The van der Waals surface area contributed by atoms with Crippen LogP contribution in [0, 0.1) is 0 Å². The first-order valence-electron chi connectivity index (χ1n) is 7.24. The minimum Gasteiger partial charge on any atom is -0.465 e. The van der Waals surface area contributed by atoms with Crippen molar-refractivity contribution in [2.75, 3.05) is 26.5 Å². The monoisotopic (exact) mass is 326 g/mol. The van der Waals surface area contributed by atoms with Gasteiger partial charge in [0.05, 0.1) is 12.7 Å². The SMILES string of the molecule is COC(=O)c1ccc(C(=O)Nc2ccc(C(=O)N(C)C)cc2)cc1. The number of hydrogen-bond acceptors (Lipinski definition) is 4. The van der Waals surface area contributed by atoms with Crippen molar-refractivity contribution in [3.05, 3.63) is 65.2 Å². The standard InChI is InChI=1S/C18H18N2O4/c1-20(2)17(22)13-8-10-15(11-9-13)19-16(21)12-4-6-14(7-5-12)18(23)24-3/h4-11H,1-3H3,(H,19,21). The van der Waals surface area contributed by atoms with Gasteiger partial charge in [-0.15, -0.1) is 0 Å². The Labute approximate surface area is 140 Å². The molecule has 124 valence electrons. The Hall–Kier alpha value is -3.15. The molecule has 0 fully saturated rings. The Kier molecular flexibility index (Phi) is 5.31. The fraction of sp³-hybridized carbons (Fsp3) is 0.167. The van der Waals surface area contributed by atoms with E-state index in [1.165, 1.54) is 24.1 Å². The van der Waals surface area contributed by atoms with Gasteiger partial charge in [0, 0.05) is 30.9 Å². The van der Waals surface area contributed by atoms with Crippen molar-refractivity contribution in [2.24, 2.45) is 0 Å². The van der Waals surface area contributed by atoms with Gasteiger partial charge in [-0.25, -0.2) is 4.79 Å². The van der Waals surface area contributed by atoms with E-state index in [4.69, 9.17) is 0 Å². The molecule has 0 heterocycles. The highest BCUT2D eigenvalue weighted by atomic mass is 16.5. The molecule has 0 atom stereocenters. The van der Waals surface area contributed by atoms with Crippen molar-refractivity contribution in [2.45, 2.75) is 0 Å². The molecule has 0 radical (unpaired) electrons. The predicted molar refractivity (Wildman–Crippen MR) is 90.2 cm³/mol. The van der Waals surface area contributed by atoms with Crippen molar-refractivity contribution >= 4 is 23.5 Å². The number of nitrogens with zero attached hydrogens (tertiary/aromatic N) is 1. The van der Waals surface area contributed by atoms with Gasteiger partial charge in [-0.1, -0.05) is 0 Å². The molecular weight excluding hydrogens is 308 g/mol. The Morgan fingerprint density at radius 2 is 1.33 bits per heavy atom. The molecule has 2 amide bonds. The maximum absolute atomic E-state index is 12.2. The first-order chi connectivity index (χ1) is 11.4. The summed E-state index contributed by atoms with van der Waals surface area (Å²) in [6.07, 6.45) is 0. The van der Waals surface area contributed by atoms with Gasteiger partial charge in [0.2, 0.25) is 0 Å². The summed E-state index contributed by atoms with van der Waals surface area (Å²) in [5.41, 5.74) is 1.91. The van der Waals surface area contributed by atoms with Crippen molar-refractivity contribution in [3.8, 4) is 0 Å². The van der Waals surface area contributed by atoms with Gasteiger partial charge in [0.1, 0.15) is 0 Å². The zero-order valence-corrected chi connectivity index (χ0v) is 13.7. The van der Waals surface area contributed by atoms with Gasteiger partial charge in [-0.3, -0.25) is 9.59 Å². The molecule has 2 rings (SSSR count). The minimum absolute atomic E-state index is 0.105. The van der Waals surface area contributed by atoms with E-state index in [9.17, 15) is 14.4 Å². The molecule has 0 aliphatic heterocycles. The average molecular weight is 326 g/mol. The van der Waals surface area contributed by atoms with Crippen LogP contribution in [0.5, 0.6) is 0 Å². The maximum atomic E-state index is 12.2. The molecule has 0 bridgehead atoms. The summed E-state index contributed by atoms with van der Waals surface area (Å²) in [6, 6.07) is 12.8. The Morgan fingerprint density at radius 3 is 1.83 bits per heavy atom. The largest absolute Gasteiger partial charge is 0.465 e. The van der Waals surface area contributed by atoms with E-state index in [1.807, 2.05) is 0 Å². The third kappa shape index (κ3) is 3.98. The van der Waals surface area contributed by atoms with Crippen molar-refractivity contribution in [1.29, 1.82) is 0 Å². The topological polar surface area (TPSA) is 75.7 Å². The molecule has 6 heteroatoms. The number of amides is 2. The second-order valence-electron chi connectivity index (χ2n) is 5.30. The van der Waals surface area contributed by atoms with Crippen molar-refractivity contribution in [3.63, 3.8) is 0 Å². The number of hydrogen-bond donors (Lipinski definition) is 1. The highest BCUT2D eigenvalue weighted by Gasteiger charge is 2.11. The molecule has 24 heavy (non-hydrogen) atoms. The van der Waals surface area contributed by atoms with E-state index in [-0.39, 0.29) is 11.8 Å². The number of nitrogens with one attached hydrogen (secondary N) is 1. The molecular formula is C18H18N2O4. The number of anilines is 1. The molecule has 1 N–H and O–H groups in total. The highest BCUT2D eigenvalue weighted by molar-refractivity contribution is 6.05. The van der Waals surface area contributed by atoms with Gasteiger partial charge >= 0.3 is 5.97 Å². The van der Waals surface area contributed by atoms with Crippen LogP contribution >= 0.6 is 0 Å². The molecule has 0 aromatic heterocycles. The summed E-state index contributed by atoms with van der Waals surface area (Å²) in [4.78, 5) is 36.9. The average Bonchev–Trinajstić information content (AvgIpc) is 2.61. The number of methoxy groups -OCH3 is 1. The second-order valence-corrected chi connectivity index (χ2v) is 5.30. The molecule has 0 aliphatic rings. The summed E-state index contributed by atoms with van der Waals surface area (Å²) in [6.45, 7) is 0. The summed E-state index contributed by atoms with van der Waals surface area (Å²) in [5.74, 6) is -0.868. The maximum Gasteiger partial charge on any atom is 0.337 e. The summed E-state index contributed by atoms with van der Waals surface area (Å²) >= 11 is 0. The lowest BCUT2D eigenvalue weighted by atomic mass is 10.1. The van der Waals surface area contributed by atoms with E-state index in [1.54, 1.807) is 50.5 Å². The second kappa shape index (κ2) is 7.41. The molecule has 0 saturated heterocycles. The highest BCUT2D eigenvalue weighted by Crippen LogP contribution is 2.13. The first kappa shape index (κ1) is 17.2. The van der Waals surface area contributed by atoms with E-state index < -0.39 is 5.97 Å². The minimum atomic E-state index is -0.455. The van der Waals surface area contributed by atoms with Crippen LogP contribution in [0.15, 0.2) is 48.5 Å². The smallest absolute Gasteiger partial charge is 0.337 e. The van der Waals surface area contributed by atoms with Crippen LogP contribution in [-0.2, 0) is 4.74 Å². The van der Waals surface area contributed by atoms with Crippen LogP contribution in [0.2, 0.25) is 0 Å². The number of carbonyl (C=O) groups excluding carboxylic acids is 3. The van der Waals surface area contributed by atoms with Gasteiger partial charge in [-0.05, 0) is 48.5 Å². The van der Waals surface area contributed by atoms with Crippen LogP contribution in [0.4, 0.5) is 5.69 Å². The van der Waals surface area contributed by atoms with Gasteiger partial charge in [-0.2, -0.15) is 0 Å². The van der Waals surface area contributed by atoms with E-state index in [0.717, 1.165) is 0 Å². The molecule has 6 nitrogen and oxygen atoms in total.